The van der Waals surface area contributed by atoms with Crippen molar-refractivity contribution in [2.75, 3.05) is 13.1 Å². The van der Waals surface area contributed by atoms with E-state index in [0.29, 0.717) is 5.57 Å². The number of carbonyl (C=O) groups excluding carboxylic acids is 3. The summed E-state index contributed by atoms with van der Waals surface area (Å²) in [5.41, 5.74) is 0.845. The van der Waals surface area contributed by atoms with Gasteiger partial charge in [-0.2, -0.15) is 0 Å². The smallest absolute Gasteiger partial charge is 0.293 e. The van der Waals surface area contributed by atoms with Crippen LogP contribution >= 0.6 is 11.8 Å². The first-order valence-electron chi connectivity index (χ1n) is 7.89. The van der Waals surface area contributed by atoms with Crippen molar-refractivity contribution in [2.24, 2.45) is 0 Å². The molecule has 1 heterocycles. The third kappa shape index (κ3) is 4.79. The Balaban J connectivity index is 1.99. The molecular weight excluding hydrogens is 343 g/mol. The van der Waals surface area contributed by atoms with Crippen molar-refractivity contribution in [1.29, 1.82) is 0 Å². The molecule has 5 nitrogen and oxygen atoms in total. The maximum atomic E-state index is 13.7. The third-order valence-electron chi connectivity index (χ3n) is 3.55. The van der Waals surface area contributed by atoms with Gasteiger partial charge in [-0.25, -0.2) is 4.39 Å². The summed E-state index contributed by atoms with van der Waals surface area (Å²) >= 11 is 0.766. The van der Waals surface area contributed by atoms with Crippen LogP contribution in [0.1, 0.15) is 25.8 Å². The summed E-state index contributed by atoms with van der Waals surface area (Å²) in [6.45, 7) is 3.87. The molecule has 0 radical (unpaired) electrons. The average molecular weight is 362 g/mol. The minimum atomic E-state index is -0.478. The van der Waals surface area contributed by atoms with Crippen LogP contribution in [0.5, 0.6) is 0 Å². The molecule has 0 unspecified atom stereocenters. The summed E-state index contributed by atoms with van der Waals surface area (Å²) in [7, 11) is 0. The van der Waals surface area contributed by atoms with Crippen molar-refractivity contribution in [3.05, 3.63) is 52.2 Å². The molecule has 0 aromatic heterocycles. The number of benzene rings is 1. The lowest BCUT2D eigenvalue weighted by Crippen LogP contribution is -2.37. The number of rotatable bonds is 6. The zero-order valence-electron chi connectivity index (χ0n) is 14.0. The minimum absolute atomic E-state index is 0.0738. The van der Waals surface area contributed by atoms with Gasteiger partial charge in [-0.3, -0.25) is 19.3 Å². The Hall–Kier alpha value is -2.41. The predicted octanol–water partition coefficient (Wildman–Crippen LogP) is 3.33. The molecule has 1 fully saturated rings. The number of hydrogen-bond acceptors (Lipinski definition) is 4. The molecule has 3 amide bonds. The molecular formula is C18H19FN2O3S. The molecule has 1 aliphatic rings. The predicted molar refractivity (Wildman–Crippen MR) is 96.1 cm³/mol. The van der Waals surface area contributed by atoms with Crippen LogP contribution in [0, 0.1) is 5.82 Å². The van der Waals surface area contributed by atoms with E-state index >= 15 is 0 Å². The van der Waals surface area contributed by atoms with E-state index in [1.54, 1.807) is 25.1 Å². The summed E-state index contributed by atoms with van der Waals surface area (Å²) in [4.78, 5) is 37.3. The maximum Gasteiger partial charge on any atom is 0.293 e. The number of amides is 3. The second kappa shape index (κ2) is 8.62. The quantitative estimate of drug-likeness (QED) is 0.788. The first-order valence-corrected chi connectivity index (χ1v) is 8.70. The van der Waals surface area contributed by atoms with Crippen molar-refractivity contribution >= 4 is 34.9 Å². The molecule has 1 saturated heterocycles. The van der Waals surface area contributed by atoms with E-state index in [1.807, 2.05) is 6.92 Å². The Morgan fingerprint density at radius 2 is 2.04 bits per heavy atom. The second-order valence-corrected chi connectivity index (χ2v) is 6.40. The summed E-state index contributed by atoms with van der Waals surface area (Å²) < 4.78 is 13.7. The molecule has 0 aliphatic carbocycles. The van der Waals surface area contributed by atoms with Gasteiger partial charge in [-0.05, 0) is 37.2 Å². The van der Waals surface area contributed by atoms with Gasteiger partial charge in [-0.15, -0.1) is 0 Å². The van der Waals surface area contributed by atoms with Gasteiger partial charge < -0.3 is 5.32 Å². The SMILES string of the molecule is CC/C=C(/C)C(=O)NCCN1C(=O)S/C(=C\c2ccccc2F)C1=O. The normalized spacial score (nSPS) is 16.7. The number of thioether (sulfide) groups is 1. The highest BCUT2D eigenvalue weighted by molar-refractivity contribution is 8.18. The lowest BCUT2D eigenvalue weighted by Gasteiger charge is -2.13. The Morgan fingerprint density at radius 3 is 2.72 bits per heavy atom. The highest BCUT2D eigenvalue weighted by Gasteiger charge is 2.34. The van der Waals surface area contributed by atoms with Crippen molar-refractivity contribution in [3.63, 3.8) is 0 Å². The second-order valence-electron chi connectivity index (χ2n) is 5.41. The van der Waals surface area contributed by atoms with Gasteiger partial charge in [0, 0.05) is 24.2 Å². The number of nitrogens with one attached hydrogen (secondary N) is 1. The maximum absolute atomic E-state index is 13.7. The van der Waals surface area contributed by atoms with Crippen molar-refractivity contribution < 1.29 is 18.8 Å². The van der Waals surface area contributed by atoms with Crippen LogP contribution in [0.25, 0.3) is 6.08 Å². The van der Waals surface area contributed by atoms with Crippen molar-refractivity contribution in [3.8, 4) is 0 Å². The fourth-order valence-electron chi connectivity index (χ4n) is 2.25. The number of carbonyl (C=O) groups is 3. The van der Waals surface area contributed by atoms with E-state index in [2.05, 4.69) is 5.32 Å². The fourth-order valence-corrected chi connectivity index (χ4v) is 3.10. The molecule has 0 spiro atoms. The summed E-state index contributed by atoms with van der Waals surface area (Å²) in [6.07, 6.45) is 3.92. The van der Waals surface area contributed by atoms with Gasteiger partial charge in [-0.1, -0.05) is 31.2 Å². The van der Waals surface area contributed by atoms with Gasteiger partial charge in [0.15, 0.2) is 0 Å². The van der Waals surface area contributed by atoms with E-state index in [1.165, 1.54) is 18.2 Å². The molecule has 0 bridgehead atoms. The minimum Gasteiger partial charge on any atom is -0.351 e. The average Bonchev–Trinajstić information content (AvgIpc) is 2.84. The highest BCUT2D eigenvalue weighted by atomic mass is 32.2. The topological polar surface area (TPSA) is 66.5 Å². The summed E-state index contributed by atoms with van der Waals surface area (Å²) in [6, 6.07) is 6.03. The van der Waals surface area contributed by atoms with Gasteiger partial charge in [0.2, 0.25) is 5.91 Å². The number of hydrogen-bond donors (Lipinski definition) is 1. The lowest BCUT2D eigenvalue weighted by molar-refractivity contribution is -0.123. The monoisotopic (exact) mass is 362 g/mol. The molecule has 1 aliphatic heterocycles. The van der Waals surface area contributed by atoms with E-state index in [4.69, 9.17) is 0 Å². The zero-order chi connectivity index (χ0) is 18.4. The standard InChI is InChI=1S/C18H19FN2O3S/c1-3-6-12(2)16(22)20-9-10-21-17(23)15(25-18(21)24)11-13-7-4-5-8-14(13)19/h4-8,11H,3,9-10H2,1-2H3,(H,20,22)/b12-6-,15-11-. The molecule has 7 heteroatoms. The van der Waals surface area contributed by atoms with Crippen molar-refractivity contribution in [2.45, 2.75) is 20.3 Å². The number of nitrogens with zero attached hydrogens (tertiary/aromatic N) is 1. The van der Waals surface area contributed by atoms with Crippen LogP contribution in [-0.2, 0) is 9.59 Å². The van der Waals surface area contributed by atoms with Crippen LogP contribution < -0.4 is 5.32 Å². The van der Waals surface area contributed by atoms with E-state index < -0.39 is 17.0 Å². The molecule has 1 N–H and O–H groups in total. The van der Waals surface area contributed by atoms with Crippen LogP contribution in [0.15, 0.2) is 40.8 Å². The Morgan fingerprint density at radius 1 is 1.32 bits per heavy atom. The first-order chi connectivity index (χ1) is 11.9. The Labute approximate surface area is 150 Å². The van der Waals surface area contributed by atoms with Gasteiger partial charge in [0.25, 0.3) is 11.1 Å². The molecule has 0 atom stereocenters. The molecule has 1 aromatic rings. The Bertz CT molecular complexity index is 758. The van der Waals surface area contributed by atoms with Gasteiger partial charge in [0.05, 0.1) is 4.91 Å². The summed E-state index contributed by atoms with van der Waals surface area (Å²) in [5, 5.41) is 2.24. The molecule has 2 rings (SSSR count). The fraction of sp³-hybridized carbons (Fsp3) is 0.278. The highest BCUT2D eigenvalue weighted by Crippen LogP contribution is 2.32. The van der Waals surface area contributed by atoms with Crippen LogP contribution in [0.4, 0.5) is 9.18 Å². The Kier molecular flexibility index (Phi) is 6.52. The first kappa shape index (κ1) is 18.9. The lowest BCUT2D eigenvalue weighted by atomic mass is 10.2. The van der Waals surface area contributed by atoms with Crippen LogP contribution in [-0.4, -0.2) is 35.0 Å². The van der Waals surface area contributed by atoms with Crippen LogP contribution in [0.3, 0.4) is 0 Å². The number of imide groups is 1. The third-order valence-corrected chi connectivity index (χ3v) is 4.46. The molecule has 132 valence electrons. The van der Waals surface area contributed by atoms with Crippen LogP contribution in [0.2, 0.25) is 0 Å². The number of halogens is 1. The molecule has 0 saturated carbocycles. The van der Waals surface area contributed by atoms with E-state index in [9.17, 15) is 18.8 Å². The van der Waals surface area contributed by atoms with Crippen molar-refractivity contribution in [1.82, 2.24) is 10.2 Å². The summed E-state index contributed by atoms with van der Waals surface area (Å²) in [5.74, 6) is -1.16. The zero-order valence-corrected chi connectivity index (χ0v) is 14.9. The number of allylic oxidation sites excluding steroid dienone is 1. The van der Waals surface area contributed by atoms with Gasteiger partial charge >= 0.3 is 0 Å². The van der Waals surface area contributed by atoms with E-state index in [-0.39, 0.29) is 29.5 Å². The largest absolute Gasteiger partial charge is 0.351 e. The molecule has 1 aromatic carbocycles. The van der Waals surface area contributed by atoms with Gasteiger partial charge in [0.1, 0.15) is 5.82 Å². The van der Waals surface area contributed by atoms with E-state index in [0.717, 1.165) is 23.1 Å². The molecule has 25 heavy (non-hydrogen) atoms.